The van der Waals surface area contributed by atoms with Crippen LogP contribution in [0.15, 0.2) is 78.9 Å². The molecule has 1 aliphatic rings. The first-order chi connectivity index (χ1) is 20.7. The SMILES string of the molecule is C[C@@H](OC[C@@]1(c2ccccc2)CCC(C)(CCO)CN1C(=O)OCc1ccccc1)c1cc(C(F)(F)F)cc(C(F)(F)F)c1. The van der Waals surface area contributed by atoms with Crippen LogP contribution in [0.25, 0.3) is 0 Å². The average Bonchev–Trinajstić information content (AvgIpc) is 2.99. The summed E-state index contributed by atoms with van der Waals surface area (Å²) in [4.78, 5) is 15.3. The topological polar surface area (TPSA) is 59.0 Å². The van der Waals surface area contributed by atoms with Gasteiger partial charge in [0, 0.05) is 13.2 Å². The Morgan fingerprint density at radius 3 is 2.02 bits per heavy atom. The van der Waals surface area contributed by atoms with E-state index in [4.69, 9.17) is 9.47 Å². The van der Waals surface area contributed by atoms with E-state index in [1.54, 1.807) is 42.5 Å². The smallest absolute Gasteiger partial charge is 0.416 e. The number of amides is 1. The van der Waals surface area contributed by atoms with E-state index >= 15 is 0 Å². The quantitative estimate of drug-likeness (QED) is 0.243. The molecule has 11 heteroatoms. The minimum absolute atomic E-state index is 0.0144. The molecule has 0 spiro atoms. The molecule has 238 valence electrons. The maximum atomic E-state index is 13.8. The zero-order valence-electron chi connectivity index (χ0n) is 24.4. The van der Waals surface area contributed by atoms with Crippen molar-refractivity contribution in [1.82, 2.24) is 4.90 Å². The number of hydrogen-bond donors (Lipinski definition) is 1. The lowest BCUT2D eigenvalue weighted by atomic mass is 9.70. The minimum atomic E-state index is -5.00. The van der Waals surface area contributed by atoms with Crippen LogP contribution in [0.4, 0.5) is 31.1 Å². The van der Waals surface area contributed by atoms with Gasteiger partial charge in [-0.25, -0.2) is 4.79 Å². The van der Waals surface area contributed by atoms with Gasteiger partial charge in [-0.1, -0.05) is 67.6 Å². The molecule has 1 amide bonds. The van der Waals surface area contributed by atoms with Gasteiger partial charge in [0.05, 0.1) is 29.4 Å². The molecule has 5 nitrogen and oxygen atoms in total. The number of likely N-dealkylation sites (tertiary alicyclic amines) is 1. The number of benzene rings is 3. The van der Waals surface area contributed by atoms with E-state index in [-0.39, 0.29) is 38.0 Å². The molecule has 44 heavy (non-hydrogen) atoms. The summed E-state index contributed by atoms with van der Waals surface area (Å²) >= 11 is 0. The summed E-state index contributed by atoms with van der Waals surface area (Å²) in [5, 5.41) is 9.75. The van der Waals surface area contributed by atoms with Crippen molar-refractivity contribution in [1.29, 1.82) is 0 Å². The molecule has 1 N–H and O–H groups in total. The van der Waals surface area contributed by atoms with Crippen molar-refractivity contribution in [3.8, 4) is 0 Å². The Morgan fingerprint density at radius 1 is 0.909 bits per heavy atom. The number of halogens is 6. The number of ether oxygens (including phenoxy) is 2. The van der Waals surface area contributed by atoms with Gasteiger partial charge in [-0.15, -0.1) is 0 Å². The second-order valence-electron chi connectivity index (χ2n) is 11.6. The summed E-state index contributed by atoms with van der Waals surface area (Å²) in [5.41, 5.74) is -3.36. The van der Waals surface area contributed by atoms with Gasteiger partial charge in [0.15, 0.2) is 0 Å². The first kappa shape index (κ1) is 33.3. The molecule has 0 bridgehead atoms. The van der Waals surface area contributed by atoms with E-state index in [0.29, 0.717) is 37.0 Å². The maximum absolute atomic E-state index is 13.8. The molecule has 1 fully saturated rings. The lowest BCUT2D eigenvalue weighted by Gasteiger charge is -2.52. The zero-order valence-corrected chi connectivity index (χ0v) is 24.4. The third-order valence-corrected chi connectivity index (χ3v) is 8.30. The fraction of sp³-hybridized carbons (Fsp3) is 0.424. The second-order valence-corrected chi connectivity index (χ2v) is 11.6. The molecule has 3 aromatic carbocycles. The molecule has 0 aliphatic carbocycles. The van der Waals surface area contributed by atoms with Crippen molar-refractivity contribution < 1.29 is 45.7 Å². The predicted molar refractivity (Wildman–Crippen MR) is 151 cm³/mol. The molecule has 1 heterocycles. The minimum Gasteiger partial charge on any atom is -0.445 e. The highest BCUT2D eigenvalue weighted by atomic mass is 19.4. The van der Waals surface area contributed by atoms with Crippen LogP contribution >= 0.6 is 0 Å². The Kier molecular flexibility index (Phi) is 9.99. The van der Waals surface area contributed by atoms with Gasteiger partial charge in [0.2, 0.25) is 0 Å². The number of nitrogens with zero attached hydrogens (tertiary/aromatic N) is 1. The lowest BCUT2D eigenvalue weighted by molar-refractivity contribution is -0.143. The number of hydrogen-bond acceptors (Lipinski definition) is 4. The molecule has 0 radical (unpaired) electrons. The van der Waals surface area contributed by atoms with E-state index < -0.39 is 46.6 Å². The molecule has 1 saturated heterocycles. The number of carbonyl (C=O) groups is 1. The third-order valence-electron chi connectivity index (χ3n) is 8.30. The molecule has 4 rings (SSSR count). The average molecular weight is 624 g/mol. The van der Waals surface area contributed by atoms with Crippen LogP contribution in [0.3, 0.4) is 0 Å². The van der Waals surface area contributed by atoms with Crippen LogP contribution in [0, 0.1) is 5.41 Å². The standard InChI is InChI=1S/C33H35F6NO4/c1-23(25-17-27(32(34,35)36)19-28(18-25)33(37,38)39)44-22-31(26-11-7-4-8-12-26)14-13-30(2,15-16-41)21-40(31)29(42)43-20-24-9-5-3-6-10-24/h3-12,17-19,23,41H,13-16,20-22H2,1-2H3/t23-,30?,31-/m1/s1. The molecule has 0 saturated carbocycles. The number of aliphatic hydroxyl groups excluding tert-OH is 1. The van der Waals surface area contributed by atoms with Gasteiger partial charge in [0.1, 0.15) is 6.61 Å². The summed E-state index contributed by atoms with van der Waals surface area (Å²) in [5.74, 6) is 0. The summed E-state index contributed by atoms with van der Waals surface area (Å²) in [7, 11) is 0. The van der Waals surface area contributed by atoms with Crippen LogP contribution in [0.2, 0.25) is 0 Å². The van der Waals surface area contributed by atoms with Gasteiger partial charge in [-0.3, -0.25) is 4.90 Å². The highest BCUT2D eigenvalue weighted by Gasteiger charge is 2.50. The van der Waals surface area contributed by atoms with Gasteiger partial charge < -0.3 is 14.6 Å². The first-order valence-corrected chi connectivity index (χ1v) is 14.2. The van der Waals surface area contributed by atoms with E-state index in [0.717, 1.165) is 5.56 Å². The van der Waals surface area contributed by atoms with E-state index in [9.17, 15) is 36.2 Å². The van der Waals surface area contributed by atoms with Crippen molar-refractivity contribution in [3.05, 3.63) is 107 Å². The van der Waals surface area contributed by atoms with E-state index in [1.165, 1.54) is 11.8 Å². The monoisotopic (exact) mass is 623 g/mol. The Balaban J connectivity index is 1.70. The highest BCUT2D eigenvalue weighted by Crippen LogP contribution is 2.47. The summed E-state index contributed by atoms with van der Waals surface area (Å²) in [6.07, 6.45) is -10.5. The Labute approximate surface area is 252 Å². The maximum Gasteiger partial charge on any atom is 0.416 e. The van der Waals surface area contributed by atoms with Crippen molar-refractivity contribution in [3.63, 3.8) is 0 Å². The van der Waals surface area contributed by atoms with Crippen LogP contribution in [-0.2, 0) is 34.0 Å². The third kappa shape index (κ3) is 7.74. The van der Waals surface area contributed by atoms with E-state index in [2.05, 4.69) is 0 Å². The highest BCUT2D eigenvalue weighted by molar-refractivity contribution is 5.70. The number of piperidine rings is 1. The summed E-state index contributed by atoms with van der Waals surface area (Å²) in [6, 6.07) is 19.4. The Morgan fingerprint density at radius 2 is 1.48 bits per heavy atom. The van der Waals surface area contributed by atoms with Crippen LogP contribution in [0.1, 0.15) is 67.0 Å². The second kappa shape index (κ2) is 13.2. The number of carbonyl (C=O) groups excluding carboxylic acids is 1. The van der Waals surface area contributed by atoms with Crippen LogP contribution in [0.5, 0.6) is 0 Å². The molecule has 3 atom stereocenters. The number of alkyl halides is 6. The van der Waals surface area contributed by atoms with Crippen molar-refractivity contribution in [2.75, 3.05) is 19.8 Å². The van der Waals surface area contributed by atoms with Crippen LogP contribution < -0.4 is 0 Å². The molecular weight excluding hydrogens is 588 g/mol. The lowest BCUT2D eigenvalue weighted by Crippen LogP contribution is -2.59. The Hall–Kier alpha value is -3.57. The molecule has 0 aromatic heterocycles. The Bertz CT molecular complexity index is 1370. The van der Waals surface area contributed by atoms with Gasteiger partial charge in [-0.2, -0.15) is 26.3 Å². The largest absolute Gasteiger partial charge is 0.445 e. The fourth-order valence-electron chi connectivity index (χ4n) is 5.62. The summed E-state index contributed by atoms with van der Waals surface area (Å²) in [6.45, 7) is 3.15. The van der Waals surface area contributed by atoms with Gasteiger partial charge in [0.25, 0.3) is 0 Å². The van der Waals surface area contributed by atoms with Gasteiger partial charge in [-0.05, 0) is 66.5 Å². The van der Waals surface area contributed by atoms with Gasteiger partial charge >= 0.3 is 18.4 Å². The zero-order chi connectivity index (χ0) is 32.2. The van der Waals surface area contributed by atoms with Crippen molar-refractivity contribution >= 4 is 6.09 Å². The summed E-state index contributed by atoms with van der Waals surface area (Å²) < 4.78 is 93.1. The fourth-order valence-corrected chi connectivity index (χ4v) is 5.62. The molecule has 1 unspecified atom stereocenters. The van der Waals surface area contributed by atoms with Crippen molar-refractivity contribution in [2.45, 2.75) is 63.7 Å². The van der Waals surface area contributed by atoms with Crippen LogP contribution in [-0.4, -0.2) is 35.9 Å². The first-order valence-electron chi connectivity index (χ1n) is 14.2. The predicted octanol–water partition coefficient (Wildman–Crippen LogP) is 8.52. The molecule has 3 aromatic rings. The molecular formula is C33H35F6NO4. The number of aliphatic hydroxyl groups is 1. The van der Waals surface area contributed by atoms with E-state index in [1.807, 2.05) is 25.1 Å². The molecule has 1 aliphatic heterocycles. The normalized spacial score (nSPS) is 21.6. The van der Waals surface area contributed by atoms with Crippen molar-refractivity contribution in [2.24, 2.45) is 5.41 Å². The number of rotatable bonds is 9.